The van der Waals surface area contributed by atoms with E-state index < -0.39 is 17.3 Å². The summed E-state index contributed by atoms with van der Waals surface area (Å²) >= 11 is 0. The summed E-state index contributed by atoms with van der Waals surface area (Å²) in [5.41, 5.74) is 1.88. The summed E-state index contributed by atoms with van der Waals surface area (Å²) in [6, 6.07) is 21.2. The summed E-state index contributed by atoms with van der Waals surface area (Å²) in [5.74, 6) is 0.0976. The number of fused-ring (bicyclic) bond motifs is 1. The molecule has 1 aliphatic carbocycles. The predicted octanol–water partition coefficient (Wildman–Crippen LogP) is 5.03. The van der Waals surface area contributed by atoms with Gasteiger partial charge in [0.1, 0.15) is 11.6 Å². The molecular weight excluding hydrogens is 495 g/mol. The number of hydrogen-bond acceptors (Lipinski definition) is 4. The molecule has 1 saturated heterocycles. The fourth-order valence-corrected chi connectivity index (χ4v) is 5.76. The Morgan fingerprint density at radius 3 is 2.62 bits per heavy atom. The van der Waals surface area contributed by atoms with Crippen molar-refractivity contribution in [3.8, 4) is 5.75 Å². The molecule has 0 unspecified atom stereocenters. The highest BCUT2D eigenvalue weighted by atomic mass is 19.1. The first-order valence-electron chi connectivity index (χ1n) is 13.4. The molecule has 0 bridgehead atoms. The third-order valence-electron chi connectivity index (χ3n) is 7.87. The Bertz CT molecular complexity index is 1400. The third-order valence-corrected chi connectivity index (χ3v) is 7.87. The van der Waals surface area contributed by atoms with Crippen LogP contribution in [0.2, 0.25) is 0 Å². The smallest absolute Gasteiger partial charge is 0.251 e. The Kier molecular flexibility index (Phi) is 6.54. The quantitative estimate of drug-likeness (QED) is 0.403. The lowest BCUT2D eigenvalue weighted by Crippen LogP contribution is -2.60. The van der Waals surface area contributed by atoms with Crippen LogP contribution < -0.4 is 15.4 Å². The van der Waals surface area contributed by atoms with E-state index in [2.05, 4.69) is 10.6 Å². The molecule has 2 atom stereocenters. The van der Waals surface area contributed by atoms with Crippen molar-refractivity contribution >= 4 is 17.8 Å². The number of amides is 2. The highest BCUT2D eigenvalue weighted by Crippen LogP contribution is 2.44. The number of benzene rings is 3. The van der Waals surface area contributed by atoms with Gasteiger partial charge < -0.3 is 15.4 Å². The predicted molar refractivity (Wildman–Crippen MR) is 145 cm³/mol. The summed E-state index contributed by atoms with van der Waals surface area (Å²) in [4.78, 5) is 27.9. The molecule has 3 aromatic rings. The first-order chi connectivity index (χ1) is 18.9. The minimum atomic E-state index is -0.625. The Hall–Kier alpha value is -4.20. The van der Waals surface area contributed by atoms with Crippen molar-refractivity contribution in [2.45, 2.75) is 50.2 Å². The second-order valence-electron chi connectivity index (χ2n) is 10.8. The van der Waals surface area contributed by atoms with Gasteiger partial charge in [-0.15, -0.1) is 0 Å². The Morgan fingerprint density at radius 2 is 1.85 bits per heavy atom. The monoisotopic (exact) mass is 526 g/mol. The van der Waals surface area contributed by atoms with Gasteiger partial charge in [-0.3, -0.25) is 19.9 Å². The number of carbonyl (C=O) groups is 2. The maximum absolute atomic E-state index is 14.7. The summed E-state index contributed by atoms with van der Waals surface area (Å²) in [5, 5.41) is 15.1. The molecule has 0 aromatic heterocycles. The Balaban J connectivity index is 1.19. The number of guanidine groups is 1. The number of nitrogens with zero attached hydrogens (tertiary/aromatic N) is 1. The lowest BCUT2D eigenvalue weighted by atomic mass is 9.80. The molecule has 0 radical (unpaired) electrons. The molecule has 3 N–H and O–H groups in total. The number of halogens is 1. The van der Waals surface area contributed by atoms with E-state index in [-0.39, 0.29) is 36.4 Å². The molecule has 6 rings (SSSR count). The number of rotatable bonds is 7. The molecule has 39 heavy (non-hydrogen) atoms. The molecule has 2 fully saturated rings. The second-order valence-corrected chi connectivity index (χ2v) is 10.8. The molecular formula is C31H31FN4O3. The summed E-state index contributed by atoms with van der Waals surface area (Å²) in [6.07, 6.45) is 3.88. The molecule has 2 amide bonds. The van der Waals surface area contributed by atoms with Gasteiger partial charge in [0, 0.05) is 17.5 Å². The van der Waals surface area contributed by atoms with Gasteiger partial charge in [0.2, 0.25) is 5.91 Å². The molecule has 3 aliphatic rings. The highest BCUT2D eigenvalue weighted by Gasteiger charge is 2.45. The Labute approximate surface area is 226 Å². The minimum absolute atomic E-state index is 0.00287. The SMILES string of the molecule is N=C1N[C@@](CC2CC2)(c2ccccc2)CC(=O)N1Cc1cc(F)cc(C(=O)N[C@H]2CCOc3ccccc32)c1. The third kappa shape index (κ3) is 5.24. The summed E-state index contributed by atoms with van der Waals surface area (Å²) in [6.45, 7) is 0.477. The van der Waals surface area contributed by atoms with Gasteiger partial charge in [0.05, 0.1) is 31.2 Å². The largest absolute Gasteiger partial charge is 0.493 e. The Morgan fingerprint density at radius 1 is 1.08 bits per heavy atom. The molecule has 0 spiro atoms. The van der Waals surface area contributed by atoms with Crippen LogP contribution in [0.1, 0.15) is 65.2 Å². The van der Waals surface area contributed by atoms with Crippen molar-refractivity contribution in [2.75, 3.05) is 6.61 Å². The minimum Gasteiger partial charge on any atom is -0.493 e. The van der Waals surface area contributed by atoms with Gasteiger partial charge in [0.25, 0.3) is 5.91 Å². The van der Waals surface area contributed by atoms with Crippen molar-refractivity contribution in [3.63, 3.8) is 0 Å². The van der Waals surface area contributed by atoms with Gasteiger partial charge in [0.15, 0.2) is 5.96 Å². The van der Waals surface area contributed by atoms with Gasteiger partial charge >= 0.3 is 0 Å². The van der Waals surface area contributed by atoms with Crippen LogP contribution in [0, 0.1) is 17.1 Å². The molecule has 2 heterocycles. The van der Waals surface area contributed by atoms with E-state index >= 15 is 0 Å². The lowest BCUT2D eigenvalue weighted by molar-refractivity contribution is -0.131. The fraction of sp³-hybridized carbons (Fsp3) is 0.323. The first-order valence-corrected chi connectivity index (χ1v) is 13.4. The van der Waals surface area contributed by atoms with E-state index in [1.807, 2.05) is 54.6 Å². The van der Waals surface area contributed by atoms with E-state index in [0.717, 1.165) is 36.1 Å². The van der Waals surface area contributed by atoms with E-state index in [4.69, 9.17) is 10.1 Å². The number of para-hydroxylation sites is 1. The van der Waals surface area contributed by atoms with Gasteiger partial charge in [-0.25, -0.2) is 4.39 Å². The standard InChI is InChI=1S/C31H31FN4O3/c32-24-15-21(14-22(16-24)29(38)34-26-12-13-39-27-9-5-4-8-25(26)27)19-36-28(37)18-31(35-30(36)33,17-20-10-11-20)23-6-2-1-3-7-23/h1-9,14-16,20,26H,10-13,17-19H2,(H2,33,35)(H,34,38)/t26-,31+/m0/s1. The molecule has 3 aromatic carbocycles. The number of carbonyl (C=O) groups excluding carboxylic acids is 2. The molecule has 8 heteroatoms. The van der Waals surface area contributed by atoms with Gasteiger partial charge in [-0.1, -0.05) is 61.4 Å². The molecule has 1 saturated carbocycles. The van der Waals surface area contributed by atoms with E-state index in [0.29, 0.717) is 24.5 Å². The van der Waals surface area contributed by atoms with Crippen LogP contribution in [-0.4, -0.2) is 29.3 Å². The number of hydrogen-bond donors (Lipinski definition) is 3. The van der Waals surface area contributed by atoms with Crippen LogP contribution in [0.5, 0.6) is 5.75 Å². The zero-order chi connectivity index (χ0) is 27.0. The van der Waals surface area contributed by atoms with Crippen LogP contribution in [-0.2, 0) is 16.9 Å². The van der Waals surface area contributed by atoms with Crippen LogP contribution in [0.4, 0.5) is 4.39 Å². The zero-order valence-corrected chi connectivity index (χ0v) is 21.6. The normalized spacial score (nSPS) is 22.5. The van der Waals surface area contributed by atoms with E-state index in [9.17, 15) is 14.0 Å². The molecule has 7 nitrogen and oxygen atoms in total. The maximum Gasteiger partial charge on any atom is 0.251 e. The average Bonchev–Trinajstić information content (AvgIpc) is 3.75. The number of ether oxygens (including phenoxy) is 1. The average molecular weight is 527 g/mol. The fourth-order valence-electron chi connectivity index (χ4n) is 5.76. The van der Waals surface area contributed by atoms with Crippen LogP contribution in [0.15, 0.2) is 72.8 Å². The van der Waals surface area contributed by atoms with Crippen molar-refractivity contribution in [1.82, 2.24) is 15.5 Å². The maximum atomic E-state index is 14.7. The van der Waals surface area contributed by atoms with Crippen LogP contribution in [0.3, 0.4) is 0 Å². The summed E-state index contributed by atoms with van der Waals surface area (Å²) < 4.78 is 20.4. The van der Waals surface area contributed by atoms with E-state index in [1.165, 1.54) is 17.0 Å². The van der Waals surface area contributed by atoms with Crippen molar-refractivity contribution in [1.29, 1.82) is 5.41 Å². The van der Waals surface area contributed by atoms with Crippen LogP contribution >= 0.6 is 0 Å². The van der Waals surface area contributed by atoms with Crippen LogP contribution in [0.25, 0.3) is 0 Å². The van der Waals surface area contributed by atoms with Crippen molar-refractivity contribution in [2.24, 2.45) is 5.92 Å². The highest BCUT2D eigenvalue weighted by molar-refractivity contribution is 5.99. The van der Waals surface area contributed by atoms with E-state index in [1.54, 1.807) is 6.07 Å². The first kappa shape index (κ1) is 25.1. The summed E-state index contributed by atoms with van der Waals surface area (Å²) in [7, 11) is 0. The zero-order valence-electron chi connectivity index (χ0n) is 21.6. The van der Waals surface area contributed by atoms with Crippen molar-refractivity contribution in [3.05, 3.63) is 101 Å². The lowest BCUT2D eigenvalue weighted by Gasteiger charge is -2.43. The van der Waals surface area contributed by atoms with Crippen molar-refractivity contribution < 1.29 is 18.7 Å². The van der Waals surface area contributed by atoms with Gasteiger partial charge in [-0.05, 0) is 47.7 Å². The molecule has 200 valence electrons. The second kappa shape index (κ2) is 10.2. The van der Waals surface area contributed by atoms with Gasteiger partial charge in [-0.2, -0.15) is 0 Å². The number of nitrogens with one attached hydrogen (secondary N) is 3. The topological polar surface area (TPSA) is 94.5 Å². The molecule has 2 aliphatic heterocycles.